The molecule has 0 unspecified atom stereocenters. The summed E-state index contributed by atoms with van der Waals surface area (Å²) in [6, 6.07) is 25.4. The number of anilines is 3. The highest BCUT2D eigenvalue weighted by molar-refractivity contribution is 6.07. The number of halogens is 4. The van der Waals surface area contributed by atoms with Crippen LogP contribution in [0.1, 0.15) is 59.8 Å². The summed E-state index contributed by atoms with van der Waals surface area (Å²) in [6.45, 7) is 9.27. The number of nitrogens with one attached hydrogen (secondary N) is 2. The van der Waals surface area contributed by atoms with Gasteiger partial charge in [-0.1, -0.05) is 54.6 Å². The van der Waals surface area contributed by atoms with E-state index in [9.17, 15) is 31.9 Å². The van der Waals surface area contributed by atoms with Crippen LogP contribution < -0.4 is 15.5 Å². The van der Waals surface area contributed by atoms with Crippen molar-refractivity contribution in [2.24, 2.45) is 0 Å². The number of hydrogen-bond donors (Lipinski definition) is 2. The van der Waals surface area contributed by atoms with E-state index in [1.807, 2.05) is 75.4 Å². The van der Waals surface area contributed by atoms with Crippen molar-refractivity contribution in [3.05, 3.63) is 125 Å². The third-order valence-corrected chi connectivity index (χ3v) is 6.98. The molecule has 4 aromatic carbocycles. The second kappa shape index (κ2) is 16.6. The molecule has 0 atom stereocenters. The molecule has 0 bridgehead atoms. The van der Waals surface area contributed by atoms with E-state index in [0.717, 1.165) is 35.8 Å². The predicted octanol–water partition coefficient (Wildman–Crippen LogP) is 9.34. The standard InChI is InChI=1S/C17H16FNO.C11H15NO2.C9H8F3NO/c1-12-6-4-9-14(18)16(12)17(20)19-11-5-8-13-7-2-3-10-15(13)19;1-11(2,3)14-10(13)12-9-7-5-4-6-8-9;1-6-2-3-7(13-5-14)4-8(6)9(10,11)12/h2-4,6-7,9-10H,5,8,11H2,1H3;4-8H,1-3H3,(H,12,13);2-5H,1H3,(H,13,14). The van der Waals surface area contributed by atoms with Crippen LogP contribution in [-0.2, 0) is 22.1 Å². The predicted molar refractivity (Wildman–Crippen MR) is 180 cm³/mol. The lowest BCUT2D eigenvalue weighted by Gasteiger charge is -2.30. The Bertz CT molecular complexity index is 1680. The van der Waals surface area contributed by atoms with Gasteiger partial charge in [0.2, 0.25) is 6.41 Å². The van der Waals surface area contributed by atoms with E-state index in [2.05, 4.69) is 10.6 Å². The van der Waals surface area contributed by atoms with Crippen LogP contribution in [0, 0.1) is 19.7 Å². The summed E-state index contributed by atoms with van der Waals surface area (Å²) in [4.78, 5) is 35.7. The largest absolute Gasteiger partial charge is 0.444 e. The molecule has 254 valence electrons. The molecular weight excluding hydrogens is 626 g/mol. The number of benzene rings is 4. The van der Waals surface area contributed by atoms with Crippen LogP contribution >= 0.6 is 0 Å². The minimum Gasteiger partial charge on any atom is -0.444 e. The molecule has 2 N–H and O–H groups in total. The van der Waals surface area contributed by atoms with Gasteiger partial charge in [-0.2, -0.15) is 13.2 Å². The van der Waals surface area contributed by atoms with Gasteiger partial charge in [0.15, 0.2) is 0 Å². The van der Waals surface area contributed by atoms with E-state index in [-0.39, 0.29) is 22.7 Å². The molecule has 0 spiro atoms. The third kappa shape index (κ3) is 11.0. The van der Waals surface area contributed by atoms with Crippen molar-refractivity contribution in [2.75, 3.05) is 22.1 Å². The van der Waals surface area contributed by atoms with Crippen LogP contribution in [-0.4, -0.2) is 30.6 Å². The zero-order valence-electron chi connectivity index (χ0n) is 27.5. The number of carbonyl (C=O) groups excluding carboxylic acids is 3. The van der Waals surface area contributed by atoms with Crippen molar-refractivity contribution >= 4 is 35.5 Å². The molecule has 1 aliphatic rings. The average molecular weight is 666 g/mol. The molecule has 0 saturated carbocycles. The fourth-order valence-corrected chi connectivity index (χ4v) is 4.81. The summed E-state index contributed by atoms with van der Waals surface area (Å²) >= 11 is 0. The average Bonchev–Trinajstić information content (AvgIpc) is 3.01. The second-order valence-corrected chi connectivity index (χ2v) is 11.9. The van der Waals surface area contributed by atoms with Crippen molar-refractivity contribution in [3.63, 3.8) is 0 Å². The van der Waals surface area contributed by atoms with E-state index in [0.29, 0.717) is 18.5 Å². The van der Waals surface area contributed by atoms with Gasteiger partial charge in [0, 0.05) is 23.6 Å². The first-order valence-corrected chi connectivity index (χ1v) is 15.2. The SMILES string of the molecule is CC(C)(C)OC(=O)Nc1ccccc1.Cc1ccc(NC=O)cc1C(F)(F)F.Cc1cccc(F)c1C(=O)N1CCCc2ccccc21. The Hall–Kier alpha value is -5.19. The summed E-state index contributed by atoms with van der Waals surface area (Å²) in [5.74, 6) is -0.689. The molecule has 0 fully saturated rings. The number of hydrogen-bond acceptors (Lipinski definition) is 4. The van der Waals surface area contributed by atoms with Gasteiger partial charge in [-0.3, -0.25) is 14.9 Å². The molecule has 11 heteroatoms. The van der Waals surface area contributed by atoms with Gasteiger partial charge in [-0.05, 0) is 101 Å². The maximum atomic E-state index is 14.0. The molecule has 0 aliphatic carbocycles. The summed E-state index contributed by atoms with van der Waals surface area (Å²) in [5, 5.41) is 4.80. The lowest BCUT2D eigenvalue weighted by Crippen LogP contribution is -2.36. The van der Waals surface area contributed by atoms with Gasteiger partial charge in [-0.25, -0.2) is 9.18 Å². The normalized spacial score (nSPS) is 12.2. The number of fused-ring (bicyclic) bond motifs is 1. The minimum absolute atomic E-state index is 0.133. The third-order valence-electron chi connectivity index (χ3n) is 6.98. The summed E-state index contributed by atoms with van der Waals surface area (Å²) < 4.78 is 56.1. The van der Waals surface area contributed by atoms with Gasteiger partial charge >= 0.3 is 12.3 Å². The monoisotopic (exact) mass is 665 g/mol. The van der Waals surface area contributed by atoms with Crippen molar-refractivity contribution < 1.29 is 36.7 Å². The molecule has 4 aromatic rings. The number of alkyl halides is 3. The molecule has 1 heterocycles. The number of rotatable bonds is 4. The van der Waals surface area contributed by atoms with E-state index < -0.39 is 29.3 Å². The zero-order valence-corrected chi connectivity index (χ0v) is 27.5. The number of amides is 3. The summed E-state index contributed by atoms with van der Waals surface area (Å²) in [6.07, 6.45) is -2.59. The molecule has 1 aliphatic heterocycles. The fourth-order valence-electron chi connectivity index (χ4n) is 4.81. The first kappa shape index (κ1) is 37.3. The highest BCUT2D eigenvalue weighted by atomic mass is 19.4. The number of para-hydroxylation sites is 2. The van der Waals surface area contributed by atoms with Crippen LogP contribution in [0.5, 0.6) is 0 Å². The van der Waals surface area contributed by atoms with E-state index in [1.54, 1.807) is 24.0 Å². The molecule has 7 nitrogen and oxygen atoms in total. The van der Waals surface area contributed by atoms with Crippen LogP contribution in [0.15, 0.2) is 91.0 Å². The van der Waals surface area contributed by atoms with Crippen LogP contribution in [0.3, 0.4) is 0 Å². The zero-order chi connectivity index (χ0) is 35.5. The molecule has 0 saturated heterocycles. The maximum Gasteiger partial charge on any atom is 0.416 e. The lowest BCUT2D eigenvalue weighted by atomic mass is 9.99. The van der Waals surface area contributed by atoms with Gasteiger partial charge in [0.25, 0.3) is 5.91 Å². The smallest absolute Gasteiger partial charge is 0.416 e. The fraction of sp³-hybridized carbons (Fsp3) is 0.270. The summed E-state index contributed by atoms with van der Waals surface area (Å²) in [7, 11) is 0. The van der Waals surface area contributed by atoms with E-state index in [1.165, 1.54) is 25.1 Å². The van der Waals surface area contributed by atoms with Crippen molar-refractivity contribution in [1.29, 1.82) is 0 Å². The second-order valence-electron chi connectivity index (χ2n) is 11.9. The van der Waals surface area contributed by atoms with Crippen LogP contribution in [0.25, 0.3) is 0 Å². The minimum atomic E-state index is -4.38. The lowest BCUT2D eigenvalue weighted by molar-refractivity contribution is -0.138. The maximum absolute atomic E-state index is 14.0. The molecule has 48 heavy (non-hydrogen) atoms. The Morgan fingerprint density at radius 2 is 1.50 bits per heavy atom. The van der Waals surface area contributed by atoms with E-state index >= 15 is 0 Å². The topological polar surface area (TPSA) is 87.7 Å². The molecule has 0 radical (unpaired) electrons. The number of carbonyl (C=O) groups is 3. The Balaban J connectivity index is 0.000000201. The number of ether oxygens (including phenoxy) is 1. The van der Waals surface area contributed by atoms with Crippen LogP contribution in [0.4, 0.5) is 39.4 Å². The Morgan fingerprint density at radius 3 is 2.12 bits per heavy atom. The molecule has 3 amide bonds. The molecule has 0 aromatic heterocycles. The highest BCUT2D eigenvalue weighted by Gasteiger charge is 2.32. The Kier molecular flexibility index (Phi) is 12.9. The first-order valence-electron chi connectivity index (χ1n) is 15.2. The molecule has 5 rings (SSSR count). The summed E-state index contributed by atoms with van der Waals surface area (Å²) in [5.41, 5.74) is 2.74. The van der Waals surface area contributed by atoms with Crippen molar-refractivity contribution in [2.45, 2.75) is 59.2 Å². The number of nitrogens with zero attached hydrogens (tertiary/aromatic N) is 1. The van der Waals surface area contributed by atoms with Crippen molar-refractivity contribution in [3.8, 4) is 0 Å². The van der Waals surface area contributed by atoms with Gasteiger partial charge in [0.1, 0.15) is 11.4 Å². The highest BCUT2D eigenvalue weighted by Crippen LogP contribution is 2.33. The molecular formula is C37H39F4N3O4. The van der Waals surface area contributed by atoms with Crippen molar-refractivity contribution in [1.82, 2.24) is 0 Å². The van der Waals surface area contributed by atoms with E-state index in [4.69, 9.17) is 4.74 Å². The first-order chi connectivity index (χ1) is 22.6. The quantitative estimate of drug-likeness (QED) is 0.168. The number of aryl methyl sites for hydroxylation is 3. The van der Waals surface area contributed by atoms with Gasteiger partial charge in [0.05, 0.1) is 11.1 Å². The van der Waals surface area contributed by atoms with Crippen LogP contribution in [0.2, 0.25) is 0 Å². The van der Waals surface area contributed by atoms with Gasteiger partial charge < -0.3 is 15.0 Å². The Labute approximate surface area is 277 Å². The van der Waals surface area contributed by atoms with Gasteiger partial charge in [-0.15, -0.1) is 0 Å². The Morgan fingerprint density at radius 1 is 0.833 bits per heavy atom.